The highest BCUT2D eigenvalue weighted by atomic mass is 16.4. The normalized spacial score (nSPS) is 50.5. The molecule has 2 N–H and O–H groups in total. The summed E-state index contributed by atoms with van der Waals surface area (Å²) < 4.78 is 0. The Morgan fingerprint density at radius 2 is 2.40 bits per heavy atom. The Balaban J connectivity index is 2.05. The third-order valence-corrected chi connectivity index (χ3v) is 2.77. The summed E-state index contributed by atoms with van der Waals surface area (Å²) in [4.78, 5) is 10.5. The van der Waals surface area contributed by atoms with E-state index in [1.165, 1.54) is 0 Å². The topological polar surface area (TPSA) is 49.3 Å². The van der Waals surface area contributed by atoms with Gasteiger partial charge in [-0.05, 0) is 25.3 Å². The van der Waals surface area contributed by atoms with Crippen LogP contribution in [-0.4, -0.2) is 23.7 Å². The van der Waals surface area contributed by atoms with Crippen LogP contribution in [0.25, 0.3) is 0 Å². The lowest BCUT2D eigenvalue weighted by Gasteiger charge is -2.06. The van der Waals surface area contributed by atoms with Crippen LogP contribution < -0.4 is 5.32 Å². The average molecular weight is 141 g/mol. The monoisotopic (exact) mass is 141 g/mol. The van der Waals surface area contributed by atoms with Gasteiger partial charge >= 0.3 is 5.97 Å². The standard InChI is InChI=1S/C7H11NO2/c1-3-5-4(2-8-3)6(5)7(9)10/h3-6,8H,2H2,1H3,(H,9,10)/t3?,4-,5+,6+/m0/s1. The van der Waals surface area contributed by atoms with Crippen molar-refractivity contribution in [3.8, 4) is 0 Å². The zero-order valence-electron chi connectivity index (χ0n) is 5.87. The molecule has 1 aliphatic carbocycles. The van der Waals surface area contributed by atoms with Gasteiger partial charge in [-0.15, -0.1) is 0 Å². The van der Waals surface area contributed by atoms with Crippen molar-refractivity contribution < 1.29 is 9.90 Å². The Hall–Kier alpha value is -0.570. The third kappa shape index (κ3) is 0.611. The highest BCUT2D eigenvalue weighted by Crippen LogP contribution is 2.51. The maximum Gasteiger partial charge on any atom is 0.307 e. The molecule has 2 aliphatic rings. The van der Waals surface area contributed by atoms with E-state index in [1.54, 1.807) is 0 Å². The first-order valence-electron chi connectivity index (χ1n) is 3.68. The minimum atomic E-state index is -0.608. The molecular weight excluding hydrogens is 130 g/mol. The molecule has 1 heterocycles. The van der Waals surface area contributed by atoms with E-state index in [2.05, 4.69) is 12.2 Å². The lowest BCUT2D eigenvalue weighted by molar-refractivity contribution is -0.139. The highest BCUT2D eigenvalue weighted by Gasteiger charge is 2.60. The molecule has 10 heavy (non-hydrogen) atoms. The number of hydrogen-bond acceptors (Lipinski definition) is 2. The molecule has 0 spiro atoms. The summed E-state index contributed by atoms with van der Waals surface area (Å²) in [6.45, 7) is 2.97. The maximum absolute atomic E-state index is 10.5. The molecule has 0 aromatic carbocycles. The molecule has 0 bridgehead atoms. The predicted molar refractivity (Wildman–Crippen MR) is 35.6 cm³/mol. The first kappa shape index (κ1) is 6.16. The molecule has 1 aliphatic heterocycles. The van der Waals surface area contributed by atoms with Crippen molar-refractivity contribution in [1.82, 2.24) is 5.32 Å². The molecule has 0 radical (unpaired) electrons. The van der Waals surface area contributed by atoms with Gasteiger partial charge < -0.3 is 10.4 Å². The summed E-state index contributed by atoms with van der Waals surface area (Å²) >= 11 is 0. The number of hydrogen-bond donors (Lipinski definition) is 2. The highest BCUT2D eigenvalue weighted by molar-refractivity contribution is 5.75. The predicted octanol–water partition coefficient (Wildman–Crippen LogP) is -0.0751. The second kappa shape index (κ2) is 1.72. The van der Waals surface area contributed by atoms with Crippen molar-refractivity contribution >= 4 is 5.97 Å². The van der Waals surface area contributed by atoms with Crippen molar-refractivity contribution in [3.63, 3.8) is 0 Å². The second-order valence-corrected chi connectivity index (χ2v) is 3.30. The molecule has 3 heteroatoms. The quantitative estimate of drug-likeness (QED) is 0.537. The van der Waals surface area contributed by atoms with Crippen molar-refractivity contribution in [1.29, 1.82) is 0 Å². The summed E-state index contributed by atoms with van der Waals surface area (Å²) in [5.41, 5.74) is 0. The molecular formula is C7H11NO2. The number of nitrogens with one attached hydrogen (secondary N) is 1. The molecule has 3 nitrogen and oxygen atoms in total. The molecule has 0 aromatic heterocycles. The molecule has 0 amide bonds. The number of carboxylic acid groups (broad SMARTS) is 1. The van der Waals surface area contributed by atoms with E-state index < -0.39 is 5.97 Å². The summed E-state index contributed by atoms with van der Waals surface area (Å²) in [6.07, 6.45) is 0. The van der Waals surface area contributed by atoms with Gasteiger partial charge in [-0.3, -0.25) is 4.79 Å². The number of rotatable bonds is 1. The lowest BCUT2D eigenvalue weighted by atomic mass is 10.2. The minimum Gasteiger partial charge on any atom is -0.481 e. The fourth-order valence-corrected chi connectivity index (χ4v) is 2.15. The van der Waals surface area contributed by atoms with E-state index in [1.807, 2.05) is 0 Å². The number of aliphatic carboxylic acids is 1. The van der Waals surface area contributed by atoms with Crippen molar-refractivity contribution in [2.24, 2.45) is 17.8 Å². The Bertz CT molecular complexity index is 180. The van der Waals surface area contributed by atoms with E-state index >= 15 is 0 Å². The van der Waals surface area contributed by atoms with Gasteiger partial charge in [-0.25, -0.2) is 0 Å². The number of piperidine rings is 1. The van der Waals surface area contributed by atoms with E-state index in [0.717, 1.165) is 6.54 Å². The molecule has 4 atom stereocenters. The SMILES string of the molecule is CC1NC[C@@H]2[C@@H](C(=O)O)[C@H]12. The molecule has 1 saturated carbocycles. The van der Waals surface area contributed by atoms with E-state index in [4.69, 9.17) is 5.11 Å². The van der Waals surface area contributed by atoms with Crippen LogP contribution in [0.4, 0.5) is 0 Å². The van der Waals surface area contributed by atoms with Gasteiger partial charge in [-0.1, -0.05) is 0 Å². The van der Waals surface area contributed by atoms with Gasteiger partial charge in [0.05, 0.1) is 5.92 Å². The summed E-state index contributed by atoms with van der Waals surface area (Å²) in [5, 5.41) is 11.9. The summed E-state index contributed by atoms with van der Waals surface area (Å²) in [7, 11) is 0. The van der Waals surface area contributed by atoms with Crippen LogP contribution in [0.2, 0.25) is 0 Å². The second-order valence-electron chi connectivity index (χ2n) is 3.30. The van der Waals surface area contributed by atoms with E-state index in [9.17, 15) is 4.79 Å². The van der Waals surface area contributed by atoms with Gasteiger partial charge in [0.2, 0.25) is 0 Å². The zero-order valence-corrected chi connectivity index (χ0v) is 5.87. The number of carbonyl (C=O) groups is 1. The number of carboxylic acids is 1. The number of fused-ring (bicyclic) bond motifs is 1. The largest absolute Gasteiger partial charge is 0.481 e. The summed E-state index contributed by atoms with van der Waals surface area (Å²) in [5.74, 6) is 0.226. The fourth-order valence-electron chi connectivity index (χ4n) is 2.15. The van der Waals surface area contributed by atoms with Crippen LogP contribution in [0, 0.1) is 17.8 Å². The molecule has 2 rings (SSSR count). The molecule has 1 unspecified atom stereocenters. The van der Waals surface area contributed by atoms with Crippen LogP contribution in [0.5, 0.6) is 0 Å². The molecule has 0 aromatic rings. The Morgan fingerprint density at radius 3 is 2.70 bits per heavy atom. The molecule has 2 fully saturated rings. The van der Waals surface area contributed by atoms with Gasteiger partial charge in [-0.2, -0.15) is 0 Å². The Morgan fingerprint density at radius 1 is 1.70 bits per heavy atom. The van der Waals surface area contributed by atoms with Crippen molar-refractivity contribution in [2.75, 3.05) is 6.54 Å². The minimum absolute atomic E-state index is 0.0313. The summed E-state index contributed by atoms with van der Waals surface area (Å²) in [6, 6.07) is 0.422. The van der Waals surface area contributed by atoms with Crippen LogP contribution in [0.3, 0.4) is 0 Å². The first-order valence-corrected chi connectivity index (χ1v) is 3.68. The smallest absolute Gasteiger partial charge is 0.307 e. The van der Waals surface area contributed by atoms with Crippen molar-refractivity contribution in [3.05, 3.63) is 0 Å². The lowest BCUT2D eigenvalue weighted by Crippen LogP contribution is -2.26. The van der Waals surface area contributed by atoms with Crippen LogP contribution in [-0.2, 0) is 4.79 Å². The Kier molecular flexibility index (Phi) is 1.06. The van der Waals surface area contributed by atoms with E-state index in [-0.39, 0.29) is 5.92 Å². The van der Waals surface area contributed by atoms with E-state index in [0.29, 0.717) is 17.9 Å². The van der Waals surface area contributed by atoms with Gasteiger partial charge in [0.25, 0.3) is 0 Å². The van der Waals surface area contributed by atoms with Gasteiger partial charge in [0, 0.05) is 6.04 Å². The van der Waals surface area contributed by atoms with Gasteiger partial charge in [0.15, 0.2) is 0 Å². The zero-order chi connectivity index (χ0) is 7.30. The van der Waals surface area contributed by atoms with Crippen LogP contribution in [0.15, 0.2) is 0 Å². The fraction of sp³-hybridized carbons (Fsp3) is 0.857. The van der Waals surface area contributed by atoms with Crippen LogP contribution in [0.1, 0.15) is 6.92 Å². The van der Waals surface area contributed by atoms with Crippen molar-refractivity contribution in [2.45, 2.75) is 13.0 Å². The van der Waals surface area contributed by atoms with Gasteiger partial charge in [0.1, 0.15) is 0 Å². The molecule has 1 saturated heterocycles. The molecule has 56 valence electrons. The van der Waals surface area contributed by atoms with Crippen LogP contribution >= 0.6 is 0 Å². The average Bonchev–Trinajstić information content (AvgIpc) is 2.48. The first-order chi connectivity index (χ1) is 4.72. The third-order valence-electron chi connectivity index (χ3n) is 2.77. The Labute approximate surface area is 59.4 Å². The maximum atomic E-state index is 10.5.